The molecule has 0 saturated heterocycles. The first kappa shape index (κ1) is 18.9. The van der Waals surface area contributed by atoms with Crippen LogP contribution in [-0.4, -0.2) is 20.5 Å². The van der Waals surface area contributed by atoms with Crippen LogP contribution in [0.3, 0.4) is 0 Å². The summed E-state index contributed by atoms with van der Waals surface area (Å²) >= 11 is 0. The highest BCUT2D eigenvalue weighted by Gasteiger charge is 2.34. The summed E-state index contributed by atoms with van der Waals surface area (Å²) in [5.41, 5.74) is 3.71. The fourth-order valence-corrected chi connectivity index (χ4v) is 3.76. The monoisotopic (exact) mass is 338 g/mol. The number of rotatable bonds is 6. The Balaban J connectivity index is 3.14. The zero-order valence-corrected chi connectivity index (χ0v) is 13.6. The molecule has 1 unspecified atom stereocenters. The van der Waals surface area contributed by atoms with Gasteiger partial charge in [-0.3, -0.25) is 0 Å². The Morgan fingerprint density at radius 2 is 1.86 bits per heavy atom. The third-order valence-corrected chi connectivity index (χ3v) is 4.80. The maximum absolute atomic E-state index is 12.7. The SMILES string of the molecule is CC(C)CC(C)(CN)NS(=O)(=O)c1cccc(C(F)(F)F)c1. The summed E-state index contributed by atoms with van der Waals surface area (Å²) in [7, 11) is -4.09. The molecule has 0 saturated carbocycles. The third-order valence-electron chi connectivity index (χ3n) is 3.16. The van der Waals surface area contributed by atoms with Gasteiger partial charge in [-0.15, -0.1) is 0 Å². The van der Waals surface area contributed by atoms with Crippen molar-refractivity contribution in [3.05, 3.63) is 29.8 Å². The van der Waals surface area contributed by atoms with E-state index in [0.29, 0.717) is 12.5 Å². The molecule has 1 aromatic carbocycles. The molecule has 1 atom stereocenters. The van der Waals surface area contributed by atoms with Crippen molar-refractivity contribution in [2.75, 3.05) is 6.54 Å². The maximum atomic E-state index is 12.7. The first-order valence-electron chi connectivity index (χ1n) is 6.81. The molecule has 4 nitrogen and oxygen atoms in total. The molecule has 22 heavy (non-hydrogen) atoms. The van der Waals surface area contributed by atoms with Crippen LogP contribution in [0.15, 0.2) is 29.2 Å². The Hall–Kier alpha value is -1.12. The molecule has 0 aliphatic carbocycles. The molecule has 0 aromatic heterocycles. The predicted molar refractivity (Wildman–Crippen MR) is 78.7 cm³/mol. The fourth-order valence-electron chi connectivity index (χ4n) is 2.29. The molecular formula is C14H21F3N2O2S. The van der Waals surface area contributed by atoms with Gasteiger partial charge in [-0.05, 0) is 37.5 Å². The highest BCUT2D eigenvalue weighted by molar-refractivity contribution is 7.89. The van der Waals surface area contributed by atoms with Crippen LogP contribution in [0, 0.1) is 5.92 Å². The molecule has 0 aliphatic rings. The van der Waals surface area contributed by atoms with Crippen molar-refractivity contribution in [3.8, 4) is 0 Å². The molecule has 1 aromatic rings. The van der Waals surface area contributed by atoms with E-state index in [1.165, 1.54) is 0 Å². The molecule has 8 heteroatoms. The average Bonchev–Trinajstić information content (AvgIpc) is 2.36. The van der Waals surface area contributed by atoms with Gasteiger partial charge in [0.25, 0.3) is 0 Å². The molecule has 0 spiro atoms. The molecule has 126 valence electrons. The van der Waals surface area contributed by atoms with Gasteiger partial charge in [0.2, 0.25) is 10.0 Å². The number of hydrogen-bond donors (Lipinski definition) is 2. The van der Waals surface area contributed by atoms with Crippen molar-refractivity contribution >= 4 is 10.0 Å². The van der Waals surface area contributed by atoms with Crippen molar-refractivity contribution in [2.24, 2.45) is 11.7 Å². The summed E-state index contributed by atoms with van der Waals surface area (Å²) in [5, 5.41) is 0. The Morgan fingerprint density at radius 1 is 1.27 bits per heavy atom. The largest absolute Gasteiger partial charge is 0.416 e. The summed E-state index contributed by atoms with van der Waals surface area (Å²) in [5.74, 6) is 0.178. The number of benzene rings is 1. The van der Waals surface area contributed by atoms with Gasteiger partial charge in [-0.1, -0.05) is 19.9 Å². The fraction of sp³-hybridized carbons (Fsp3) is 0.571. The Bertz CT molecular complexity index is 615. The van der Waals surface area contributed by atoms with Gasteiger partial charge in [0, 0.05) is 12.1 Å². The lowest BCUT2D eigenvalue weighted by Crippen LogP contribution is -2.52. The second-order valence-electron chi connectivity index (χ2n) is 5.99. The van der Waals surface area contributed by atoms with Gasteiger partial charge in [0.15, 0.2) is 0 Å². The third kappa shape index (κ3) is 4.96. The van der Waals surface area contributed by atoms with E-state index < -0.39 is 32.2 Å². The van der Waals surface area contributed by atoms with E-state index >= 15 is 0 Å². The molecule has 0 bridgehead atoms. The molecule has 0 amide bonds. The summed E-state index contributed by atoms with van der Waals surface area (Å²) in [6.45, 7) is 5.50. The van der Waals surface area contributed by atoms with E-state index in [9.17, 15) is 21.6 Å². The van der Waals surface area contributed by atoms with Crippen molar-refractivity contribution in [1.29, 1.82) is 0 Å². The lowest BCUT2D eigenvalue weighted by Gasteiger charge is -2.30. The number of nitrogens with one attached hydrogen (secondary N) is 1. The van der Waals surface area contributed by atoms with E-state index in [-0.39, 0.29) is 12.5 Å². The first-order chi connectivity index (χ1) is 9.89. The Labute approximate surface area is 128 Å². The minimum absolute atomic E-state index is 0.0450. The van der Waals surface area contributed by atoms with E-state index in [1.807, 2.05) is 13.8 Å². The zero-order chi connectivity index (χ0) is 17.2. The van der Waals surface area contributed by atoms with Gasteiger partial charge < -0.3 is 5.73 Å². The van der Waals surface area contributed by atoms with E-state index in [1.54, 1.807) is 6.92 Å². The van der Waals surface area contributed by atoms with E-state index in [0.717, 1.165) is 18.2 Å². The summed E-state index contributed by atoms with van der Waals surface area (Å²) < 4.78 is 65.2. The average molecular weight is 338 g/mol. The smallest absolute Gasteiger partial charge is 0.329 e. The molecular weight excluding hydrogens is 317 g/mol. The maximum Gasteiger partial charge on any atom is 0.416 e. The minimum Gasteiger partial charge on any atom is -0.329 e. The van der Waals surface area contributed by atoms with Crippen LogP contribution >= 0.6 is 0 Å². The number of hydrogen-bond acceptors (Lipinski definition) is 3. The second-order valence-corrected chi connectivity index (χ2v) is 7.68. The van der Waals surface area contributed by atoms with Crippen LogP contribution in [0.25, 0.3) is 0 Å². The van der Waals surface area contributed by atoms with Gasteiger partial charge in [-0.25, -0.2) is 13.1 Å². The van der Waals surface area contributed by atoms with Gasteiger partial charge in [-0.2, -0.15) is 13.2 Å². The predicted octanol–water partition coefficient (Wildman–Crippen LogP) is 2.75. The van der Waals surface area contributed by atoms with Crippen LogP contribution in [0.2, 0.25) is 0 Å². The highest BCUT2D eigenvalue weighted by atomic mass is 32.2. The lowest BCUT2D eigenvalue weighted by molar-refractivity contribution is -0.137. The lowest BCUT2D eigenvalue weighted by atomic mass is 9.92. The Kier molecular flexibility index (Phi) is 5.64. The summed E-state index contributed by atoms with van der Waals surface area (Å²) in [6.07, 6.45) is -4.12. The number of nitrogens with two attached hydrogens (primary N) is 1. The number of sulfonamides is 1. The van der Waals surface area contributed by atoms with Crippen molar-refractivity contribution in [2.45, 2.75) is 43.8 Å². The minimum atomic E-state index is -4.60. The van der Waals surface area contributed by atoms with Gasteiger partial charge in [0.05, 0.1) is 10.5 Å². The Morgan fingerprint density at radius 3 is 2.32 bits per heavy atom. The van der Waals surface area contributed by atoms with Crippen LogP contribution in [-0.2, 0) is 16.2 Å². The van der Waals surface area contributed by atoms with Crippen LogP contribution in [0.5, 0.6) is 0 Å². The molecule has 1 rings (SSSR count). The van der Waals surface area contributed by atoms with Crippen LogP contribution < -0.4 is 10.5 Å². The molecule has 3 N–H and O–H groups in total. The van der Waals surface area contributed by atoms with Crippen molar-refractivity contribution in [1.82, 2.24) is 4.72 Å². The second kappa shape index (κ2) is 6.55. The summed E-state index contributed by atoms with van der Waals surface area (Å²) in [6, 6.07) is 3.65. The normalized spacial score (nSPS) is 15.8. The molecule has 0 aliphatic heterocycles. The van der Waals surface area contributed by atoms with Crippen LogP contribution in [0.4, 0.5) is 13.2 Å². The standard InChI is InChI=1S/C14H21F3N2O2S/c1-10(2)8-13(3,9-18)19-22(20,21)12-6-4-5-11(7-12)14(15,16)17/h4-7,10,19H,8-9,18H2,1-3H3. The molecule has 0 radical (unpaired) electrons. The van der Waals surface area contributed by atoms with E-state index in [4.69, 9.17) is 5.73 Å². The topological polar surface area (TPSA) is 72.2 Å². The first-order valence-corrected chi connectivity index (χ1v) is 8.29. The number of alkyl halides is 3. The number of halogens is 3. The van der Waals surface area contributed by atoms with Crippen molar-refractivity contribution in [3.63, 3.8) is 0 Å². The van der Waals surface area contributed by atoms with Gasteiger partial charge >= 0.3 is 6.18 Å². The molecule has 0 heterocycles. The zero-order valence-electron chi connectivity index (χ0n) is 12.7. The quantitative estimate of drug-likeness (QED) is 0.838. The van der Waals surface area contributed by atoms with Crippen molar-refractivity contribution < 1.29 is 21.6 Å². The van der Waals surface area contributed by atoms with E-state index in [2.05, 4.69) is 4.72 Å². The van der Waals surface area contributed by atoms with Gasteiger partial charge in [0.1, 0.15) is 0 Å². The highest BCUT2D eigenvalue weighted by Crippen LogP contribution is 2.30. The molecule has 0 fully saturated rings. The van der Waals surface area contributed by atoms with Crippen LogP contribution in [0.1, 0.15) is 32.8 Å². The summed E-state index contributed by atoms with van der Waals surface area (Å²) in [4.78, 5) is -0.425.